The van der Waals surface area contributed by atoms with Crippen LogP contribution in [0.5, 0.6) is 0 Å². The van der Waals surface area contributed by atoms with Gasteiger partial charge in [0.15, 0.2) is 11.6 Å². The lowest BCUT2D eigenvalue weighted by atomic mass is 10.2. The van der Waals surface area contributed by atoms with Gasteiger partial charge in [0.05, 0.1) is 0 Å². The molecule has 0 bridgehead atoms. The van der Waals surface area contributed by atoms with Gasteiger partial charge < -0.3 is 14.7 Å². The molecule has 1 aliphatic heterocycles. The van der Waals surface area contributed by atoms with Crippen molar-refractivity contribution in [2.24, 2.45) is 0 Å². The molecule has 0 unspecified atom stereocenters. The normalized spacial score (nSPS) is 14.4. The Hall–Kier alpha value is -2.70. The number of rotatable bonds is 5. The summed E-state index contributed by atoms with van der Waals surface area (Å²) < 4.78 is 39.4. The fraction of sp³-hybridized carbons (Fsp3) is 0.350. The molecular formula is C20H22F3N3O. The molecule has 144 valence electrons. The average molecular weight is 377 g/mol. The van der Waals surface area contributed by atoms with Crippen LogP contribution >= 0.6 is 0 Å². The Balaban J connectivity index is 1.47. The van der Waals surface area contributed by atoms with Gasteiger partial charge in [-0.05, 0) is 36.4 Å². The zero-order chi connectivity index (χ0) is 19.4. The minimum absolute atomic E-state index is 0.0307. The van der Waals surface area contributed by atoms with Gasteiger partial charge in [0.1, 0.15) is 5.82 Å². The second-order valence-corrected chi connectivity index (χ2v) is 6.61. The lowest BCUT2D eigenvalue weighted by Gasteiger charge is -2.36. The molecule has 0 aliphatic carbocycles. The molecule has 1 aliphatic rings. The van der Waals surface area contributed by atoms with Crippen molar-refractivity contribution in [1.82, 2.24) is 4.90 Å². The van der Waals surface area contributed by atoms with Crippen LogP contribution in [0.3, 0.4) is 0 Å². The summed E-state index contributed by atoms with van der Waals surface area (Å²) in [6, 6.07) is 10.0. The van der Waals surface area contributed by atoms with E-state index in [0.717, 1.165) is 17.8 Å². The molecule has 2 aromatic carbocycles. The molecule has 2 aromatic rings. The summed E-state index contributed by atoms with van der Waals surface area (Å²) in [7, 11) is 1.74. The Bertz CT molecular complexity index is 790. The standard InChI is InChI=1S/C20H22F3N3O/c1-24(17-6-7-18(22)19(23)14-17)9-8-20(27)26-12-10-25(11-13-26)16-4-2-15(21)3-5-16/h2-7,14H,8-13H2,1H3. The number of carbonyl (C=O) groups excluding carboxylic acids is 1. The van der Waals surface area contributed by atoms with Gasteiger partial charge >= 0.3 is 0 Å². The average Bonchev–Trinajstić information content (AvgIpc) is 2.68. The smallest absolute Gasteiger partial charge is 0.224 e. The van der Waals surface area contributed by atoms with Crippen LogP contribution in [0.1, 0.15) is 6.42 Å². The van der Waals surface area contributed by atoms with E-state index in [4.69, 9.17) is 0 Å². The minimum Gasteiger partial charge on any atom is -0.374 e. The SMILES string of the molecule is CN(CCC(=O)N1CCN(c2ccc(F)cc2)CC1)c1ccc(F)c(F)c1. The van der Waals surface area contributed by atoms with Gasteiger partial charge in [0.2, 0.25) is 5.91 Å². The molecule has 1 amide bonds. The fourth-order valence-electron chi connectivity index (χ4n) is 3.14. The molecule has 0 radical (unpaired) electrons. The quantitative estimate of drug-likeness (QED) is 0.800. The monoisotopic (exact) mass is 377 g/mol. The third kappa shape index (κ3) is 4.72. The van der Waals surface area contributed by atoms with Gasteiger partial charge in [-0.3, -0.25) is 4.79 Å². The van der Waals surface area contributed by atoms with Gasteiger partial charge in [0.25, 0.3) is 0 Å². The molecule has 1 saturated heterocycles. The number of nitrogens with zero attached hydrogens (tertiary/aromatic N) is 3. The van der Waals surface area contributed by atoms with Crippen molar-refractivity contribution in [3.63, 3.8) is 0 Å². The molecule has 0 saturated carbocycles. The maximum atomic E-state index is 13.3. The molecule has 0 aromatic heterocycles. The summed E-state index contributed by atoms with van der Waals surface area (Å²) in [5, 5.41) is 0. The van der Waals surface area contributed by atoms with Gasteiger partial charge in [-0.25, -0.2) is 13.2 Å². The number of hydrogen-bond donors (Lipinski definition) is 0. The number of halogens is 3. The number of carbonyl (C=O) groups is 1. The van der Waals surface area contributed by atoms with Crippen LogP contribution in [0.4, 0.5) is 24.5 Å². The molecular weight excluding hydrogens is 355 g/mol. The van der Waals surface area contributed by atoms with E-state index in [9.17, 15) is 18.0 Å². The third-order valence-corrected chi connectivity index (χ3v) is 4.83. The van der Waals surface area contributed by atoms with Crippen LogP contribution in [0.25, 0.3) is 0 Å². The van der Waals surface area contributed by atoms with Gasteiger partial charge in [0, 0.05) is 63.6 Å². The van der Waals surface area contributed by atoms with Crippen molar-refractivity contribution in [3.8, 4) is 0 Å². The zero-order valence-electron chi connectivity index (χ0n) is 15.2. The van der Waals surface area contributed by atoms with Crippen LogP contribution in [0.2, 0.25) is 0 Å². The van der Waals surface area contributed by atoms with Crippen molar-refractivity contribution >= 4 is 17.3 Å². The maximum Gasteiger partial charge on any atom is 0.224 e. The third-order valence-electron chi connectivity index (χ3n) is 4.83. The summed E-state index contributed by atoms with van der Waals surface area (Å²) in [6.07, 6.45) is 0.298. The molecule has 0 N–H and O–H groups in total. The predicted octanol–water partition coefficient (Wildman–Crippen LogP) is 3.28. The zero-order valence-corrected chi connectivity index (χ0v) is 15.2. The molecule has 27 heavy (non-hydrogen) atoms. The number of anilines is 2. The maximum absolute atomic E-state index is 13.3. The second kappa shape index (κ2) is 8.33. The van der Waals surface area contributed by atoms with Crippen molar-refractivity contribution in [3.05, 3.63) is 59.9 Å². The van der Waals surface area contributed by atoms with E-state index in [2.05, 4.69) is 4.90 Å². The minimum atomic E-state index is -0.900. The van der Waals surface area contributed by atoms with Gasteiger partial charge in [-0.15, -0.1) is 0 Å². The van der Waals surface area contributed by atoms with E-state index in [0.29, 0.717) is 44.8 Å². The van der Waals surface area contributed by atoms with Crippen LogP contribution in [-0.4, -0.2) is 50.6 Å². The Morgan fingerprint density at radius 1 is 0.963 bits per heavy atom. The Kier molecular flexibility index (Phi) is 5.88. The van der Waals surface area contributed by atoms with E-state index >= 15 is 0 Å². The summed E-state index contributed by atoms with van der Waals surface area (Å²) in [5.41, 5.74) is 1.48. The van der Waals surface area contributed by atoms with Crippen molar-refractivity contribution < 1.29 is 18.0 Å². The van der Waals surface area contributed by atoms with E-state index in [1.165, 1.54) is 18.2 Å². The highest BCUT2D eigenvalue weighted by Gasteiger charge is 2.21. The Labute approximate surface area is 156 Å². The van der Waals surface area contributed by atoms with Gasteiger partial charge in [-0.1, -0.05) is 0 Å². The molecule has 1 fully saturated rings. The van der Waals surface area contributed by atoms with E-state index in [1.807, 2.05) is 0 Å². The number of hydrogen-bond acceptors (Lipinski definition) is 3. The van der Waals surface area contributed by atoms with E-state index in [-0.39, 0.29) is 11.7 Å². The molecule has 1 heterocycles. The summed E-state index contributed by atoms with van der Waals surface area (Å²) in [4.78, 5) is 18.1. The molecule has 0 spiro atoms. The fourth-order valence-corrected chi connectivity index (χ4v) is 3.14. The lowest BCUT2D eigenvalue weighted by Crippen LogP contribution is -2.49. The first kappa shape index (κ1) is 19.1. The van der Waals surface area contributed by atoms with Crippen LogP contribution in [-0.2, 0) is 4.79 Å². The molecule has 0 atom stereocenters. The lowest BCUT2D eigenvalue weighted by molar-refractivity contribution is -0.131. The first-order chi connectivity index (χ1) is 12.9. The van der Waals surface area contributed by atoms with E-state index in [1.54, 1.807) is 29.0 Å². The van der Waals surface area contributed by atoms with Gasteiger partial charge in [-0.2, -0.15) is 0 Å². The second-order valence-electron chi connectivity index (χ2n) is 6.61. The number of amides is 1. The largest absolute Gasteiger partial charge is 0.374 e. The first-order valence-corrected chi connectivity index (χ1v) is 8.88. The Morgan fingerprint density at radius 2 is 1.63 bits per heavy atom. The molecule has 3 rings (SSSR count). The van der Waals surface area contributed by atoms with Crippen LogP contribution in [0, 0.1) is 17.5 Å². The summed E-state index contributed by atoms with van der Waals surface area (Å²) >= 11 is 0. The van der Waals surface area contributed by atoms with Crippen molar-refractivity contribution in [2.75, 3.05) is 49.6 Å². The highest BCUT2D eigenvalue weighted by Crippen LogP contribution is 2.19. The number of benzene rings is 2. The summed E-state index contributed by atoms with van der Waals surface area (Å²) in [6.45, 7) is 3.01. The predicted molar refractivity (Wildman–Crippen MR) is 99.4 cm³/mol. The van der Waals surface area contributed by atoms with E-state index < -0.39 is 11.6 Å². The molecule has 4 nitrogen and oxygen atoms in total. The highest BCUT2D eigenvalue weighted by atomic mass is 19.2. The topological polar surface area (TPSA) is 26.8 Å². The summed E-state index contributed by atoms with van der Waals surface area (Å²) in [5.74, 6) is -2.02. The first-order valence-electron chi connectivity index (χ1n) is 8.88. The van der Waals surface area contributed by atoms with Crippen molar-refractivity contribution in [1.29, 1.82) is 0 Å². The number of piperazine rings is 1. The highest BCUT2D eigenvalue weighted by molar-refractivity contribution is 5.77. The van der Waals surface area contributed by atoms with Crippen molar-refractivity contribution in [2.45, 2.75) is 6.42 Å². The molecule has 7 heteroatoms. The van der Waals surface area contributed by atoms with Crippen LogP contribution in [0.15, 0.2) is 42.5 Å². The Morgan fingerprint density at radius 3 is 2.26 bits per heavy atom. The van der Waals surface area contributed by atoms with Crippen LogP contribution < -0.4 is 9.80 Å².